The van der Waals surface area contributed by atoms with Crippen LogP contribution in [0, 0.1) is 11.6 Å². The summed E-state index contributed by atoms with van der Waals surface area (Å²) in [5.41, 5.74) is 1.88. The summed E-state index contributed by atoms with van der Waals surface area (Å²) in [6.07, 6.45) is 2.39. The number of hydrogen-bond acceptors (Lipinski definition) is 5. The van der Waals surface area contributed by atoms with Gasteiger partial charge in [-0.25, -0.2) is 26.9 Å². The van der Waals surface area contributed by atoms with E-state index in [0.29, 0.717) is 28.0 Å². The molecule has 0 unspecified atom stereocenters. The molecule has 0 aliphatic rings. The molecule has 0 atom stereocenters. The monoisotopic (exact) mass is 739 g/mol. The van der Waals surface area contributed by atoms with Gasteiger partial charge in [-0.3, -0.25) is 4.57 Å². The van der Waals surface area contributed by atoms with E-state index in [1.54, 1.807) is 31.5 Å². The van der Waals surface area contributed by atoms with E-state index in [9.17, 15) is 12.8 Å². The summed E-state index contributed by atoms with van der Waals surface area (Å²) < 4.78 is 66.4. The highest BCUT2D eigenvalue weighted by Gasteiger charge is 2.31. The Bertz CT molecular complexity index is 1800. The first-order chi connectivity index (χ1) is 22.7. The van der Waals surface area contributed by atoms with Crippen LogP contribution in [0.25, 0.3) is 5.69 Å². The molecule has 0 amide bonds. The first-order valence-electron chi connectivity index (χ1n) is 15.9. The van der Waals surface area contributed by atoms with Gasteiger partial charge in [0.15, 0.2) is 5.16 Å². The Morgan fingerprint density at radius 1 is 0.979 bits per heavy atom. The second-order valence-electron chi connectivity index (χ2n) is 12.1. The molecule has 0 fully saturated rings. The zero-order chi connectivity index (χ0) is 35.3. The number of nitrogens with zero attached hydrogens (tertiary/aromatic N) is 3. The Labute approximate surface area is 297 Å². The molecule has 3 aromatic carbocycles. The minimum absolute atomic E-state index is 0.00444. The lowest BCUT2D eigenvalue weighted by atomic mass is 9.81. The second-order valence-corrected chi connectivity index (χ2v) is 15.7. The molecule has 4 rings (SSSR count). The van der Waals surface area contributed by atoms with Crippen molar-refractivity contribution in [2.45, 2.75) is 62.3 Å². The molecule has 0 aliphatic carbocycles. The minimum Gasteiger partial charge on any atom is -0.495 e. The van der Waals surface area contributed by atoms with Gasteiger partial charge in [-0.1, -0.05) is 54.9 Å². The molecular weight excluding hydrogens is 697 g/mol. The maximum Gasteiger partial charge on any atom is 0.240 e. The molecule has 0 radical (unpaired) electrons. The molecular formula is C35H43Cl2F2N4O3S2+. The van der Waals surface area contributed by atoms with Gasteiger partial charge in [0.1, 0.15) is 17.4 Å². The van der Waals surface area contributed by atoms with Crippen molar-refractivity contribution in [3.8, 4) is 11.4 Å². The van der Waals surface area contributed by atoms with Crippen LogP contribution in [0.3, 0.4) is 0 Å². The first kappa shape index (κ1) is 38.1. The van der Waals surface area contributed by atoms with Crippen LogP contribution in [0.1, 0.15) is 57.9 Å². The lowest BCUT2D eigenvalue weighted by Gasteiger charge is -2.35. The van der Waals surface area contributed by atoms with E-state index in [0.717, 1.165) is 48.0 Å². The molecule has 1 aromatic heterocycles. The molecule has 48 heavy (non-hydrogen) atoms. The lowest BCUT2D eigenvalue weighted by Crippen LogP contribution is -2.48. The maximum absolute atomic E-state index is 15.5. The summed E-state index contributed by atoms with van der Waals surface area (Å²) >= 11 is 14.0. The Balaban J connectivity index is 1.59. The van der Waals surface area contributed by atoms with Crippen molar-refractivity contribution in [2.75, 3.05) is 39.8 Å². The van der Waals surface area contributed by atoms with E-state index in [-0.39, 0.29) is 33.6 Å². The van der Waals surface area contributed by atoms with Gasteiger partial charge < -0.3 is 9.22 Å². The van der Waals surface area contributed by atoms with Gasteiger partial charge in [-0.05, 0) is 74.9 Å². The normalized spacial score (nSPS) is 12.5. The van der Waals surface area contributed by atoms with E-state index in [4.69, 9.17) is 27.9 Å². The maximum atomic E-state index is 15.5. The van der Waals surface area contributed by atoms with E-state index in [2.05, 4.69) is 30.5 Å². The molecule has 13 heteroatoms. The van der Waals surface area contributed by atoms with Crippen LogP contribution in [-0.4, -0.2) is 62.3 Å². The number of benzene rings is 3. The highest BCUT2D eigenvalue weighted by Crippen LogP contribution is 2.40. The number of thioether (sulfide) groups is 1. The molecule has 260 valence electrons. The SMILES string of the molecule is CC[N+](CC)(CC)CCCNS(=O)(=O)c1cc(F)c(CSc2ncc(C(C)(C)c3ccc(Cl)c(OC)c3)n2-c2ccc(F)cc2)c(Cl)c1. The summed E-state index contributed by atoms with van der Waals surface area (Å²) in [6.45, 7) is 14.5. The third-order valence-electron chi connectivity index (χ3n) is 9.21. The minimum atomic E-state index is -3.97. The van der Waals surface area contributed by atoms with Crippen molar-refractivity contribution in [2.24, 2.45) is 0 Å². The highest BCUT2D eigenvalue weighted by molar-refractivity contribution is 7.98. The van der Waals surface area contributed by atoms with Gasteiger partial charge >= 0.3 is 0 Å². The van der Waals surface area contributed by atoms with Crippen molar-refractivity contribution in [3.63, 3.8) is 0 Å². The molecule has 1 heterocycles. The molecule has 0 bridgehead atoms. The van der Waals surface area contributed by atoms with Gasteiger partial charge in [0.05, 0.1) is 55.1 Å². The fourth-order valence-corrected chi connectivity index (χ4v) is 8.52. The van der Waals surface area contributed by atoms with E-state index in [1.165, 1.54) is 30.0 Å². The third-order valence-corrected chi connectivity index (χ3v) is 12.3. The predicted molar refractivity (Wildman–Crippen MR) is 191 cm³/mol. The Morgan fingerprint density at radius 2 is 1.65 bits per heavy atom. The Morgan fingerprint density at radius 3 is 2.25 bits per heavy atom. The number of imidazole rings is 1. The molecule has 1 N–H and O–H groups in total. The van der Waals surface area contributed by atoms with Gasteiger partial charge in [-0.15, -0.1) is 0 Å². The average molecular weight is 741 g/mol. The van der Waals surface area contributed by atoms with Gasteiger partial charge in [0, 0.05) is 40.4 Å². The van der Waals surface area contributed by atoms with E-state index >= 15 is 4.39 Å². The van der Waals surface area contributed by atoms with Crippen LogP contribution in [0.4, 0.5) is 8.78 Å². The van der Waals surface area contributed by atoms with E-state index < -0.39 is 21.3 Å². The predicted octanol–water partition coefficient (Wildman–Crippen LogP) is 8.63. The number of rotatable bonds is 16. The van der Waals surface area contributed by atoms with Gasteiger partial charge in [0.2, 0.25) is 10.0 Å². The Hall–Kier alpha value is -2.67. The van der Waals surface area contributed by atoms with Crippen LogP contribution in [0.15, 0.2) is 70.8 Å². The van der Waals surface area contributed by atoms with Crippen molar-refractivity contribution in [3.05, 3.63) is 99.3 Å². The molecule has 4 aromatic rings. The molecule has 0 saturated carbocycles. The summed E-state index contributed by atoms with van der Waals surface area (Å²) in [7, 11) is -2.42. The summed E-state index contributed by atoms with van der Waals surface area (Å²) in [6, 6.07) is 13.9. The van der Waals surface area contributed by atoms with Crippen LogP contribution in [-0.2, 0) is 21.2 Å². The smallest absolute Gasteiger partial charge is 0.240 e. The van der Waals surface area contributed by atoms with Gasteiger partial charge in [-0.2, -0.15) is 0 Å². The van der Waals surface area contributed by atoms with Crippen molar-refractivity contribution >= 4 is 45.0 Å². The molecule has 0 saturated heterocycles. The fraction of sp³-hybridized carbons (Fsp3) is 0.400. The number of sulfonamides is 1. The third kappa shape index (κ3) is 8.37. The number of quaternary nitrogens is 1. The standard InChI is InChI=1S/C35H43Cl2F2N4O3S2/c1-7-43(8-2,9-3)18-10-17-41-48(44,45)27-20-30(37)28(31(39)21-27)23-47-34-40-22-33(42(34)26-14-12-25(38)13-15-26)35(4,5)24-11-16-29(36)32(19-24)46-6/h11-16,19-22,41H,7-10,17-18,23H2,1-6H3/q+1. The Kier molecular flexibility index (Phi) is 12.6. The largest absolute Gasteiger partial charge is 0.495 e. The van der Waals surface area contributed by atoms with E-state index in [1.807, 2.05) is 30.5 Å². The second kappa shape index (κ2) is 15.9. The molecule has 0 aliphatic heterocycles. The zero-order valence-electron chi connectivity index (χ0n) is 28.1. The van der Waals surface area contributed by atoms with Crippen molar-refractivity contribution in [1.82, 2.24) is 14.3 Å². The topological polar surface area (TPSA) is 73.2 Å². The summed E-state index contributed by atoms with van der Waals surface area (Å²) in [5.74, 6) is -0.523. The fourth-order valence-electron chi connectivity index (χ4n) is 5.77. The number of hydrogen-bond donors (Lipinski definition) is 1. The summed E-state index contributed by atoms with van der Waals surface area (Å²) in [5, 5.41) is 0.991. The van der Waals surface area contributed by atoms with Crippen LogP contribution < -0.4 is 9.46 Å². The van der Waals surface area contributed by atoms with Crippen molar-refractivity contribution < 1.29 is 26.4 Å². The number of halogens is 4. The van der Waals surface area contributed by atoms with Gasteiger partial charge in [0.25, 0.3) is 0 Å². The molecule has 7 nitrogen and oxygen atoms in total. The van der Waals surface area contributed by atoms with Crippen LogP contribution in [0.5, 0.6) is 5.75 Å². The quantitative estimate of drug-likeness (QED) is 0.0708. The molecule has 0 spiro atoms. The number of nitrogens with one attached hydrogen (secondary N) is 1. The lowest BCUT2D eigenvalue weighted by molar-refractivity contribution is -0.923. The zero-order valence-corrected chi connectivity index (χ0v) is 31.3. The number of ether oxygens (including phenoxy) is 1. The first-order valence-corrected chi connectivity index (χ1v) is 19.1. The highest BCUT2D eigenvalue weighted by atomic mass is 35.5. The number of aromatic nitrogens is 2. The van der Waals surface area contributed by atoms with Crippen LogP contribution >= 0.6 is 35.0 Å². The van der Waals surface area contributed by atoms with Crippen molar-refractivity contribution in [1.29, 1.82) is 0 Å². The number of methoxy groups -OCH3 is 1. The summed E-state index contributed by atoms with van der Waals surface area (Å²) in [4.78, 5) is 4.45. The average Bonchev–Trinajstić information content (AvgIpc) is 3.50. The van der Waals surface area contributed by atoms with Crippen LogP contribution in [0.2, 0.25) is 10.0 Å².